The van der Waals surface area contributed by atoms with Gasteiger partial charge in [-0.3, -0.25) is 4.79 Å². The quantitative estimate of drug-likeness (QED) is 0.668. The van der Waals surface area contributed by atoms with Gasteiger partial charge in [0.25, 0.3) is 0 Å². The molecule has 1 aromatic rings. The first kappa shape index (κ1) is 15.0. The Morgan fingerprint density at radius 2 is 2.20 bits per heavy atom. The number of carbonyl (C=O) groups is 2. The number of Topliss-reactive ketones (excluding diaryl/α,β-unsaturated/α-hetero) is 1. The van der Waals surface area contributed by atoms with Gasteiger partial charge in [0.2, 0.25) is 0 Å². The zero-order valence-corrected chi connectivity index (χ0v) is 12.9. The number of hydrogen-bond acceptors (Lipinski definition) is 6. The van der Waals surface area contributed by atoms with E-state index >= 15 is 0 Å². The molecule has 0 aliphatic heterocycles. The Morgan fingerprint density at radius 1 is 1.45 bits per heavy atom. The molecule has 2 rings (SSSR count). The maximum Gasteiger partial charge on any atom is 0.358 e. The highest BCUT2D eigenvalue weighted by atomic mass is 32.1. The largest absolute Gasteiger partial charge is 0.464 e. The molecule has 0 bridgehead atoms. The average Bonchev–Trinajstić information content (AvgIpc) is 3.01. The molecule has 0 aromatic carbocycles. The van der Waals surface area contributed by atoms with Gasteiger partial charge >= 0.3 is 5.97 Å². The predicted molar refractivity (Wildman–Crippen MR) is 78.5 cm³/mol. The van der Waals surface area contributed by atoms with Gasteiger partial charge in [0.05, 0.1) is 7.11 Å². The SMILES string of the molecule is COC(=O)c1nc(NCC2CCCC2C)sc1C(C)=O. The lowest BCUT2D eigenvalue weighted by atomic mass is 9.98. The van der Waals surface area contributed by atoms with Crippen molar-refractivity contribution in [2.45, 2.75) is 33.1 Å². The van der Waals surface area contributed by atoms with Gasteiger partial charge in [-0.05, 0) is 18.3 Å². The number of nitrogens with one attached hydrogen (secondary N) is 1. The number of thiazole rings is 1. The fourth-order valence-electron chi connectivity index (χ4n) is 2.61. The van der Waals surface area contributed by atoms with Gasteiger partial charge in [-0.25, -0.2) is 9.78 Å². The van der Waals surface area contributed by atoms with Gasteiger partial charge in [-0.15, -0.1) is 0 Å². The molecule has 5 nitrogen and oxygen atoms in total. The van der Waals surface area contributed by atoms with Crippen LogP contribution in [-0.2, 0) is 4.74 Å². The predicted octanol–water partition coefficient (Wildman–Crippen LogP) is 2.98. The maximum absolute atomic E-state index is 11.6. The second kappa shape index (κ2) is 6.35. The van der Waals surface area contributed by atoms with Crippen molar-refractivity contribution >= 4 is 28.2 Å². The number of ether oxygens (including phenoxy) is 1. The molecule has 110 valence electrons. The molecule has 1 fully saturated rings. The molecular formula is C14H20N2O3S. The number of anilines is 1. The van der Waals surface area contributed by atoms with Gasteiger partial charge < -0.3 is 10.1 Å². The molecule has 0 radical (unpaired) electrons. The highest BCUT2D eigenvalue weighted by Gasteiger charge is 2.25. The van der Waals surface area contributed by atoms with Crippen molar-refractivity contribution in [3.63, 3.8) is 0 Å². The number of esters is 1. The average molecular weight is 296 g/mol. The lowest BCUT2D eigenvalue weighted by molar-refractivity contribution is 0.0591. The molecule has 0 amide bonds. The van der Waals surface area contributed by atoms with E-state index in [9.17, 15) is 9.59 Å². The highest BCUT2D eigenvalue weighted by molar-refractivity contribution is 7.17. The van der Waals surface area contributed by atoms with Crippen LogP contribution in [0.5, 0.6) is 0 Å². The number of methoxy groups -OCH3 is 1. The molecule has 6 heteroatoms. The summed E-state index contributed by atoms with van der Waals surface area (Å²) < 4.78 is 4.66. The summed E-state index contributed by atoms with van der Waals surface area (Å²) in [4.78, 5) is 27.7. The summed E-state index contributed by atoms with van der Waals surface area (Å²) in [5, 5.41) is 3.88. The van der Waals surface area contributed by atoms with E-state index in [-0.39, 0.29) is 11.5 Å². The Kier molecular flexibility index (Phi) is 4.75. The Bertz CT molecular complexity index is 513. The minimum Gasteiger partial charge on any atom is -0.464 e. The van der Waals surface area contributed by atoms with Crippen molar-refractivity contribution in [2.24, 2.45) is 11.8 Å². The van der Waals surface area contributed by atoms with Crippen LogP contribution in [0.15, 0.2) is 0 Å². The van der Waals surface area contributed by atoms with E-state index in [1.54, 1.807) is 0 Å². The molecule has 1 aromatic heterocycles. The highest BCUT2D eigenvalue weighted by Crippen LogP contribution is 2.32. The zero-order valence-electron chi connectivity index (χ0n) is 12.1. The van der Waals surface area contributed by atoms with Crippen LogP contribution in [0.4, 0.5) is 5.13 Å². The topological polar surface area (TPSA) is 68.3 Å². The second-order valence-corrected chi connectivity index (χ2v) is 6.29. The van der Waals surface area contributed by atoms with Crippen molar-refractivity contribution in [3.8, 4) is 0 Å². The molecular weight excluding hydrogens is 276 g/mol. The smallest absolute Gasteiger partial charge is 0.358 e. The van der Waals surface area contributed by atoms with Crippen LogP contribution >= 0.6 is 11.3 Å². The zero-order chi connectivity index (χ0) is 14.7. The number of rotatable bonds is 5. The van der Waals surface area contributed by atoms with Gasteiger partial charge in [0, 0.05) is 13.5 Å². The summed E-state index contributed by atoms with van der Waals surface area (Å²) in [5.41, 5.74) is 0.118. The molecule has 1 aliphatic rings. The molecule has 2 unspecified atom stereocenters. The molecule has 0 spiro atoms. The normalized spacial score (nSPS) is 21.8. The van der Waals surface area contributed by atoms with Crippen LogP contribution in [0, 0.1) is 11.8 Å². The van der Waals surface area contributed by atoms with Gasteiger partial charge in [0.15, 0.2) is 16.6 Å². The number of hydrogen-bond donors (Lipinski definition) is 1. The van der Waals surface area contributed by atoms with E-state index in [2.05, 4.69) is 22.0 Å². The van der Waals surface area contributed by atoms with Gasteiger partial charge in [-0.2, -0.15) is 0 Å². The standard InChI is InChI=1S/C14H20N2O3S/c1-8-5-4-6-10(8)7-15-14-16-11(13(18)19-3)12(20-14)9(2)17/h8,10H,4-7H2,1-3H3,(H,15,16). The Balaban J connectivity index is 2.08. The van der Waals surface area contributed by atoms with E-state index < -0.39 is 5.97 Å². The Labute approximate surface area is 122 Å². The van der Waals surface area contributed by atoms with Crippen LogP contribution < -0.4 is 5.32 Å². The van der Waals surface area contributed by atoms with Crippen molar-refractivity contribution in [2.75, 3.05) is 19.0 Å². The summed E-state index contributed by atoms with van der Waals surface area (Å²) in [6.07, 6.45) is 3.77. The van der Waals surface area contributed by atoms with Gasteiger partial charge in [0.1, 0.15) is 4.88 Å². The minimum atomic E-state index is -0.561. The van der Waals surface area contributed by atoms with E-state index in [1.807, 2.05) is 0 Å². The van der Waals surface area contributed by atoms with Crippen molar-refractivity contribution in [1.29, 1.82) is 0 Å². The summed E-state index contributed by atoms with van der Waals surface area (Å²) in [6.45, 7) is 4.54. The number of nitrogens with zero attached hydrogens (tertiary/aromatic N) is 1. The van der Waals surface area contributed by atoms with Crippen LogP contribution in [0.3, 0.4) is 0 Å². The first-order valence-corrected chi connectivity index (χ1v) is 7.68. The van der Waals surface area contributed by atoms with Crippen LogP contribution in [0.2, 0.25) is 0 Å². The van der Waals surface area contributed by atoms with Crippen LogP contribution in [0.1, 0.15) is 53.3 Å². The van der Waals surface area contributed by atoms with Crippen LogP contribution in [-0.4, -0.2) is 30.4 Å². The molecule has 2 atom stereocenters. The minimum absolute atomic E-state index is 0.118. The number of aromatic nitrogens is 1. The third kappa shape index (κ3) is 3.17. The second-order valence-electron chi connectivity index (χ2n) is 5.29. The first-order chi connectivity index (χ1) is 9.52. The fourth-order valence-corrected chi connectivity index (χ4v) is 3.47. The van der Waals surface area contributed by atoms with Crippen molar-refractivity contribution in [1.82, 2.24) is 4.98 Å². The van der Waals surface area contributed by atoms with E-state index in [0.717, 1.165) is 12.5 Å². The van der Waals surface area contributed by atoms with E-state index in [4.69, 9.17) is 0 Å². The molecule has 20 heavy (non-hydrogen) atoms. The van der Waals surface area contributed by atoms with Crippen LogP contribution in [0.25, 0.3) is 0 Å². The van der Waals surface area contributed by atoms with Crippen molar-refractivity contribution < 1.29 is 14.3 Å². The third-order valence-electron chi connectivity index (χ3n) is 3.88. The Hall–Kier alpha value is -1.43. The molecule has 1 N–H and O–H groups in total. The summed E-state index contributed by atoms with van der Waals surface area (Å²) >= 11 is 1.22. The molecule has 1 aliphatic carbocycles. The third-order valence-corrected chi connectivity index (χ3v) is 4.99. The lowest BCUT2D eigenvalue weighted by Gasteiger charge is -2.15. The first-order valence-electron chi connectivity index (χ1n) is 6.87. The molecule has 0 saturated heterocycles. The number of ketones is 1. The Morgan fingerprint density at radius 3 is 2.75 bits per heavy atom. The molecule has 1 saturated carbocycles. The summed E-state index contributed by atoms with van der Waals surface area (Å²) in [7, 11) is 1.29. The van der Waals surface area contributed by atoms with Gasteiger partial charge in [-0.1, -0.05) is 31.1 Å². The van der Waals surface area contributed by atoms with E-state index in [0.29, 0.717) is 15.9 Å². The maximum atomic E-state index is 11.6. The fraction of sp³-hybridized carbons (Fsp3) is 0.643. The van der Waals surface area contributed by atoms with E-state index in [1.165, 1.54) is 44.6 Å². The molecule has 1 heterocycles. The number of carbonyl (C=O) groups excluding carboxylic acids is 2. The monoisotopic (exact) mass is 296 g/mol. The summed E-state index contributed by atoms with van der Waals surface area (Å²) in [6, 6.07) is 0. The lowest BCUT2D eigenvalue weighted by Crippen LogP contribution is -2.16. The summed E-state index contributed by atoms with van der Waals surface area (Å²) in [5.74, 6) is 0.634. The van der Waals surface area contributed by atoms with Crippen molar-refractivity contribution in [3.05, 3.63) is 10.6 Å².